The highest BCUT2D eigenvalue weighted by atomic mass is 16.1. The summed E-state index contributed by atoms with van der Waals surface area (Å²) in [6.07, 6.45) is 4.54. The number of Topliss-reactive ketones (excluding diaryl/α,β-unsaturated/α-hetero) is 1. The Balaban J connectivity index is 1.89. The third-order valence-corrected chi connectivity index (χ3v) is 2.95. The number of hydrogen-bond acceptors (Lipinski definition) is 2. The third kappa shape index (κ3) is 1.86. The fourth-order valence-corrected chi connectivity index (χ4v) is 2.05. The molecule has 1 aromatic rings. The second-order valence-electron chi connectivity index (χ2n) is 4.40. The number of aromatic nitrogens is 2. The first-order valence-electron chi connectivity index (χ1n) is 5.16. The van der Waals surface area contributed by atoms with Crippen LogP contribution in [0.25, 0.3) is 0 Å². The number of carbonyl (C=O) groups excluding carboxylic acids is 1. The molecule has 0 aliphatic heterocycles. The first kappa shape index (κ1) is 9.44. The van der Waals surface area contributed by atoms with Gasteiger partial charge in [0.1, 0.15) is 5.78 Å². The monoisotopic (exact) mass is 192 g/mol. The van der Waals surface area contributed by atoms with Crippen LogP contribution in [0.4, 0.5) is 0 Å². The Morgan fingerprint density at radius 3 is 2.86 bits per heavy atom. The van der Waals surface area contributed by atoms with Gasteiger partial charge in [0, 0.05) is 19.2 Å². The van der Waals surface area contributed by atoms with Gasteiger partial charge >= 0.3 is 0 Å². The third-order valence-electron chi connectivity index (χ3n) is 2.95. The normalized spacial score (nSPS) is 25.9. The van der Waals surface area contributed by atoms with E-state index in [0.717, 1.165) is 24.5 Å². The van der Waals surface area contributed by atoms with E-state index in [-0.39, 0.29) is 0 Å². The number of rotatable bonds is 3. The number of carbonyl (C=O) groups is 1. The van der Waals surface area contributed by atoms with Gasteiger partial charge in [0.25, 0.3) is 0 Å². The fourth-order valence-electron chi connectivity index (χ4n) is 2.05. The van der Waals surface area contributed by atoms with Crippen molar-refractivity contribution in [2.75, 3.05) is 0 Å². The van der Waals surface area contributed by atoms with Crippen molar-refractivity contribution < 1.29 is 4.79 Å². The molecule has 0 unspecified atom stereocenters. The lowest BCUT2D eigenvalue weighted by atomic mass is 9.73. The zero-order valence-corrected chi connectivity index (χ0v) is 8.73. The molecule has 1 aliphatic carbocycles. The number of nitrogens with zero attached hydrogens (tertiary/aromatic N) is 2. The van der Waals surface area contributed by atoms with Crippen molar-refractivity contribution in [2.24, 2.45) is 18.9 Å². The highest BCUT2D eigenvalue weighted by Gasteiger charge is 2.31. The van der Waals surface area contributed by atoms with E-state index < -0.39 is 0 Å². The molecule has 1 aliphatic rings. The molecule has 0 spiro atoms. The summed E-state index contributed by atoms with van der Waals surface area (Å²) in [6, 6.07) is 1.92. The lowest BCUT2D eigenvalue weighted by Crippen LogP contribution is -2.29. The van der Waals surface area contributed by atoms with Crippen LogP contribution in [-0.4, -0.2) is 15.6 Å². The van der Waals surface area contributed by atoms with Crippen LogP contribution in [0.3, 0.4) is 0 Å². The van der Waals surface area contributed by atoms with Crippen LogP contribution < -0.4 is 0 Å². The van der Waals surface area contributed by atoms with Gasteiger partial charge in [0.05, 0.1) is 12.1 Å². The lowest BCUT2D eigenvalue weighted by Gasteiger charge is -2.31. The zero-order valence-electron chi connectivity index (χ0n) is 8.73. The van der Waals surface area contributed by atoms with E-state index in [1.165, 1.54) is 0 Å². The maximum atomic E-state index is 11.7. The maximum Gasteiger partial charge on any atom is 0.141 e. The summed E-state index contributed by atoms with van der Waals surface area (Å²) in [6.45, 7) is 2.20. The number of ketones is 1. The molecule has 0 N–H and O–H groups in total. The van der Waals surface area contributed by atoms with Crippen molar-refractivity contribution in [2.45, 2.75) is 26.2 Å². The van der Waals surface area contributed by atoms with E-state index in [4.69, 9.17) is 0 Å². The van der Waals surface area contributed by atoms with E-state index in [2.05, 4.69) is 12.0 Å². The summed E-state index contributed by atoms with van der Waals surface area (Å²) in [5.74, 6) is 1.42. The highest BCUT2D eigenvalue weighted by Crippen LogP contribution is 2.34. The minimum Gasteiger partial charge on any atom is -0.299 e. The number of hydrogen-bond donors (Lipinski definition) is 0. The molecule has 2 rings (SSSR count). The molecular formula is C11H16N2O. The van der Waals surface area contributed by atoms with Crippen LogP contribution in [0.5, 0.6) is 0 Å². The van der Waals surface area contributed by atoms with E-state index in [9.17, 15) is 4.79 Å². The Kier molecular flexibility index (Phi) is 2.40. The predicted molar refractivity (Wildman–Crippen MR) is 53.8 cm³/mol. The molecule has 0 saturated heterocycles. The fraction of sp³-hybridized carbons (Fsp3) is 0.636. The Labute approximate surface area is 84.1 Å². The molecule has 3 nitrogen and oxygen atoms in total. The Hall–Kier alpha value is -1.12. The molecule has 3 heteroatoms. The molecule has 14 heavy (non-hydrogen) atoms. The SMILES string of the molecule is CC1CC(C(=O)Cc2ccn(C)n2)C1. The van der Waals surface area contributed by atoms with Crippen LogP contribution in [0.1, 0.15) is 25.5 Å². The van der Waals surface area contributed by atoms with Gasteiger partial charge in [-0.05, 0) is 24.8 Å². The molecule has 1 saturated carbocycles. The zero-order chi connectivity index (χ0) is 10.1. The Bertz CT molecular complexity index is 337. The van der Waals surface area contributed by atoms with Crippen molar-refractivity contribution in [1.82, 2.24) is 9.78 Å². The summed E-state index contributed by atoms with van der Waals surface area (Å²) in [5.41, 5.74) is 0.900. The molecule has 0 bridgehead atoms. The van der Waals surface area contributed by atoms with Gasteiger partial charge in [-0.1, -0.05) is 6.92 Å². The summed E-state index contributed by atoms with van der Waals surface area (Å²) < 4.78 is 1.74. The molecule has 76 valence electrons. The number of aryl methyl sites for hydroxylation is 1. The van der Waals surface area contributed by atoms with Crippen molar-refractivity contribution in [1.29, 1.82) is 0 Å². The molecule has 1 fully saturated rings. The Morgan fingerprint density at radius 1 is 1.64 bits per heavy atom. The second-order valence-corrected chi connectivity index (χ2v) is 4.40. The van der Waals surface area contributed by atoms with Crippen molar-refractivity contribution >= 4 is 5.78 Å². The molecule has 0 aromatic carbocycles. The standard InChI is InChI=1S/C11H16N2O/c1-8-5-9(6-8)11(14)7-10-3-4-13(2)12-10/h3-4,8-9H,5-7H2,1-2H3. The average molecular weight is 192 g/mol. The molecule has 1 heterocycles. The summed E-state index contributed by atoms with van der Waals surface area (Å²) in [4.78, 5) is 11.7. The van der Waals surface area contributed by atoms with Gasteiger partial charge < -0.3 is 0 Å². The van der Waals surface area contributed by atoms with Gasteiger partial charge in [-0.2, -0.15) is 5.10 Å². The highest BCUT2D eigenvalue weighted by molar-refractivity contribution is 5.83. The van der Waals surface area contributed by atoms with E-state index in [1.807, 2.05) is 19.3 Å². The minimum atomic E-state index is 0.312. The van der Waals surface area contributed by atoms with Crippen LogP contribution in [0.15, 0.2) is 12.3 Å². The van der Waals surface area contributed by atoms with E-state index >= 15 is 0 Å². The average Bonchev–Trinajstić information content (AvgIpc) is 2.45. The lowest BCUT2D eigenvalue weighted by molar-refractivity contribution is -0.125. The topological polar surface area (TPSA) is 34.9 Å². The summed E-state index contributed by atoms with van der Waals surface area (Å²) >= 11 is 0. The smallest absolute Gasteiger partial charge is 0.141 e. The molecule has 0 radical (unpaired) electrons. The van der Waals surface area contributed by atoms with Crippen molar-refractivity contribution in [3.63, 3.8) is 0 Å². The molecule has 0 atom stereocenters. The van der Waals surface area contributed by atoms with Gasteiger partial charge in [-0.15, -0.1) is 0 Å². The molecule has 0 amide bonds. The largest absolute Gasteiger partial charge is 0.299 e. The second kappa shape index (κ2) is 3.56. The first-order chi connectivity index (χ1) is 6.65. The van der Waals surface area contributed by atoms with Gasteiger partial charge in [0.15, 0.2) is 0 Å². The summed E-state index contributed by atoms with van der Waals surface area (Å²) in [5, 5.41) is 4.21. The van der Waals surface area contributed by atoms with E-state index in [1.54, 1.807) is 4.68 Å². The minimum absolute atomic E-state index is 0.312. The quantitative estimate of drug-likeness (QED) is 0.728. The van der Waals surface area contributed by atoms with Gasteiger partial charge in [0.2, 0.25) is 0 Å². The Morgan fingerprint density at radius 2 is 2.36 bits per heavy atom. The maximum absolute atomic E-state index is 11.7. The molecular weight excluding hydrogens is 176 g/mol. The van der Waals surface area contributed by atoms with Crippen LogP contribution in [-0.2, 0) is 18.3 Å². The van der Waals surface area contributed by atoms with Crippen molar-refractivity contribution in [3.8, 4) is 0 Å². The first-order valence-corrected chi connectivity index (χ1v) is 5.16. The van der Waals surface area contributed by atoms with Crippen LogP contribution in [0.2, 0.25) is 0 Å². The van der Waals surface area contributed by atoms with Crippen molar-refractivity contribution in [3.05, 3.63) is 18.0 Å². The van der Waals surface area contributed by atoms with E-state index in [0.29, 0.717) is 18.1 Å². The predicted octanol–water partition coefficient (Wildman–Crippen LogP) is 1.58. The van der Waals surface area contributed by atoms with Crippen LogP contribution in [0, 0.1) is 11.8 Å². The van der Waals surface area contributed by atoms with Gasteiger partial charge in [-0.25, -0.2) is 0 Å². The summed E-state index contributed by atoms with van der Waals surface area (Å²) in [7, 11) is 1.87. The molecule has 1 aromatic heterocycles. The van der Waals surface area contributed by atoms with Gasteiger partial charge in [-0.3, -0.25) is 9.48 Å². The van der Waals surface area contributed by atoms with Crippen LogP contribution >= 0.6 is 0 Å².